The van der Waals surface area contributed by atoms with Crippen molar-refractivity contribution in [1.29, 1.82) is 0 Å². The lowest BCUT2D eigenvalue weighted by atomic mass is 10.1. The van der Waals surface area contributed by atoms with Gasteiger partial charge in [0.2, 0.25) is 5.91 Å². The van der Waals surface area contributed by atoms with E-state index in [9.17, 15) is 9.18 Å². The molecule has 1 unspecified atom stereocenters. The number of aromatic nitrogens is 3. The number of amides is 1. The monoisotopic (exact) mass is 291 g/mol. The van der Waals surface area contributed by atoms with Gasteiger partial charge >= 0.3 is 0 Å². The zero-order valence-corrected chi connectivity index (χ0v) is 12.0. The summed E-state index contributed by atoms with van der Waals surface area (Å²) < 4.78 is 14.5. The lowest BCUT2D eigenvalue weighted by molar-refractivity contribution is -0.121. The normalized spacial score (nSPS) is 12.0. The maximum absolute atomic E-state index is 12.9. The van der Waals surface area contributed by atoms with Crippen molar-refractivity contribution in [3.8, 4) is 0 Å². The number of rotatable bonds is 6. The molecule has 2 heterocycles. The second-order valence-corrected chi connectivity index (χ2v) is 4.61. The highest BCUT2D eigenvalue weighted by Crippen LogP contribution is 2.20. The predicted octanol–water partition coefficient (Wildman–Crippen LogP) is 1.73. The Morgan fingerprint density at radius 1 is 1.43 bits per heavy atom. The van der Waals surface area contributed by atoms with Crippen molar-refractivity contribution >= 4 is 11.6 Å². The molecule has 112 valence electrons. The van der Waals surface area contributed by atoms with E-state index >= 15 is 0 Å². The topological polar surface area (TPSA) is 71.8 Å². The van der Waals surface area contributed by atoms with Gasteiger partial charge in [0.1, 0.15) is 12.4 Å². The van der Waals surface area contributed by atoms with E-state index in [0.29, 0.717) is 0 Å². The Morgan fingerprint density at radius 3 is 2.86 bits per heavy atom. The van der Waals surface area contributed by atoms with Gasteiger partial charge in [0.25, 0.3) is 0 Å². The molecule has 0 bridgehead atoms. The Bertz CT molecular complexity index is 596. The van der Waals surface area contributed by atoms with E-state index in [1.807, 2.05) is 6.92 Å². The minimum absolute atomic E-state index is 0.0387. The molecule has 7 heteroatoms. The van der Waals surface area contributed by atoms with Crippen LogP contribution < -0.4 is 10.6 Å². The maximum atomic E-state index is 12.9. The van der Waals surface area contributed by atoms with Gasteiger partial charge in [-0.15, -0.1) is 0 Å². The van der Waals surface area contributed by atoms with Gasteiger partial charge in [-0.05, 0) is 18.6 Å². The van der Waals surface area contributed by atoms with Crippen LogP contribution in [0.2, 0.25) is 0 Å². The van der Waals surface area contributed by atoms with Crippen LogP contribution in [0.4, 0.5) is 10.1 Å². The molecule has 2 aromatic rings. The summed E-state index contributed by atoms with van der Waals surface area (Å²) in [5, 5.41) is 9.93. The lowest BCUT2D eigenvalue weighted by Gasteiger charge is -2.16. The molecule has 0 aliphatic carbocycles. The number of halogens is 1. The average Bonchev–Trinajstić information content (AvgIpc) is 2.93. The van der Waals surface area contributed by atoms with Crippen molar-refractivity contribution in [2.45, 2.75) is 25.9 Å². The second-order valence-electron chi connectivity index (χ2n) is 4.61. The minimum atomic E-state index is -0.355. The molecule has 0 spiro atoms. The van der Waals surface area contributed by atoms with Gasteiger partial charge in [0, 0.05) is 13.2 Å². The zero-order valence-electron chi connectivity index (χ0n) is 12.0. The fourth-order valence-electron chi connectivity index (χ4n) is 1.93. The highest BCUT2D eigenvalue weighted by atomic mass is 19.1. The van der Waals surface area contributed by atoms with Crippen LogP contribution in [-0.4, -0.2) is 27.7 Å². The first-order chi connectivity index (χ1) is 10.1. The van der Waals surface area contributed by atoms with E-state index in [-0.39, 0.29) is 24.3 Å². The first-order valence-electron chi connectivity index (χ1n) is 6.73. The summed E-state index contributed by atoms with van der Waals surface area (Å²) in [6, 6.07) is 3.01. The summed E-state index contributed by atoms with van der Waals surface area (Å²) in [7, 11) is 1.58. The highest BCUT2D eigenvalue weighted by Gasteiger charge is 2.12. The lowest BCUT2D eigenvalue weighted by Crippen LogP contribution is -2.23. The van der Waals surface area contributed by atoms with Crippen LogP contribution in [0.15, 0.2) is 30.7 Å². The summed E-state index contributed by atoms with van der Waals surface area (Å²) in [6.45, 7) is 2.18. The van der Waals surface area contributed by atoms with E-state index in [1.54, 1.807) is 30.2 Å². The summed E-state index contributed by atoms with van der Waals surface area (Å²) in [4.78, 5) is 15.4. The number of pyridine rings is 1. The van der Waals surface area contributed by atoms with Crippen LogP contribution in [0.1, 0.15) is 25.1 Å². The Labute approximate surface area is 122 Å². The average molecular weight is 291 g/mol. The molecule has 1 amide bonds. The SMILES string of the molecule is CCC(Nc1cnn(CC(=O)NC)c1)c1ccc(F)cn1. The number of likely N-dealkylation sites (N-methyl/N-ethyl adjacent to an activating group) is 1. The first kappa shape index (κ1) is 15.0. The van der Waals surface area contributed by atoms with Crippen LogP contribution >= 0.6 is 0 Å². The van der Waals surface area contributed by atoms with Gasteiger partial charge in [0.05, 0.1) is 29.8 Å². The standard InChI is InChI=1S/C14H18FN5O/c1-3-12(13-5-4-10(15)6-17-13)19-11-7-18-20(8-11)9-14(21)16-2/h4-8,12,19H,3,9H2,1-2H3,(H,16,21). The van der Waals surface area contributed by atoms with Crippen LogP contribution in [0.3, 0.4) is 0 Å². The van der Waals surface area contributed by atoms with Crippen molar-refractivity contribution in [1.82, 2.24) is 20.1 Å². The Morgan fingerprint density at radius 2 is 2.24 bits per heavy atom. The molecule has 21 heavy (non-hydrogen) atoms. The second kappa shape index (κ2) is 6.83. The number of carbonyl (C=O) groups excluding carboxylic acids is 1. The van der Waals surface area contributed by atoms with Gasteiger partial charge in [-0.1, -0.05) is 6.92 Å². The van der Waals surface area contributed by atoms with E-state index in [2.05, 4.69) is 20.7 Å². The smallest absolute Gasteiger partial charge is 0.241 e. The fraction of sp³-hybridized carbons (Fsp3) is 0.357. The zero-order chi connectivity index (χ0) is 15.2. The van der Waals surface area contributed by atoms with Gasteiger partial charge < -0.3 is 10.6 Å². The number of hydrogen-bond acceptors (Lipinski definition) is 4. The van der Waals surface area contributed by atoms with Crippen LogP contribution in [-0.2, 0) is 11.3 Å². The molecule has 0 saturated carbocycles. The Balaban J connectivity index is 2.05. The molecule has 2 rings (SSSR count). The van der Waals surface area contributed by atoms with E-state index in [0.717, 1.165) is 17.8 Å². The minimum Gasteiger partial charge on any atom is -0.374 e. The number of anilines is 1. The van der Waals surface area contributed by atoms with Crippen molar-refractivity contribution in [3.63, 3.8) is 0 Å². The third-order valence-corrected chi connectivity index (χ3v) is 3.07. The van der Waals surface area contributed by atoms with E-state index in [1.165, 1.54) is 12.3 Å². The first-order valence-corrected chi connectivity index (χ1v) is 6.73. The maximum Gasteiger partial charge on any atom is 0.241 e. The Kier molecular flexibility index (Phi) is 4.86. The molecule has 2 N–H and O–H groups in total. The molecule has 1 atom stereocenters. The molecular formula is C14H18FN5O. The van der Waals surface area contributed by atoms with Gasteiger partial charge in [-0.2, -0.15) is 5.10 Å². The molecule has 6 nitrogen and oxygen atoms in total. The summed E-state index contributed by atoms with van der Waals surface area (Å²) >= 11 is 0. The molecule has 0 aliphatic heterocycles. The number of hydrogen-bond donors (Lipinski definition) is 2. The largest absolute Gasteiger partial charge is 0.374 e. The van der Waals surface area contributed by atoms with Crippen molar-refractivity contribution < 1.29 is 9.18 Å². The van der Waals surface area contributed by atoms with Crippen LogP contribution in [0.25, 0.3) is 0 Å². The molecule has 0 aromatic carbocycles. The summed E-state index contributed by atoms with van der Waals surface area (Å²) in [6.07, 6.45) is 5.39. The van der Waals surface area contributed by atoms with Gasteiger partial charge in [-0.25, -0.2) is 4.39 Å². The molecule has 2 aromatic heterocycles. The molecular weight excluding hydrogens is 273 g/mol. The number of carbonyl (C=O) groups is 1. The molecule has 0 fully saturated rings. The van der Waals surface area contributed by atoms with Crippen LogP contribution in [0.5, 0.6) is 0 Å². The van der Waals surface area contributed by atoms with Crippen LogP contribution in [0, 0.1) is 5.82 Å². The van der Waals surface area contributed by atoms with Crippen molar-refractivity contribution in [2.75, 3.05) is 12.4 Å². The molecule has 0 radical (unpaired) electrons. The van der Waals surface area contributed by atoms with Crippen molar-refractivity contribution in [3.05, 3.63) is 42.2 Å². The van der Waals surface area contributed by atoms with Gasteiger partial charge in [-0.3, -0.25) is 14.5 Å². The summed E-state index contributed by atoms with van der Waals surface area (Å²) in [5.74, 6) is -0.469. The number of nitrogens with zero attached hydrogens (tertiary/aromatic N) is 3. The predicted molar refractivity (Wildman–Crippen MR) is 77.1 cm³/mol. The van der Waals surface area contributed by atoms with Gasteiger partial charge in [0.15, 0.2) is 0 Å². The quantitative estimate of drug-likeness (QED) is 0.850. The van der Waals surface area contributed by atoms with E-state index in [4.69, 9.17) is 0 Å². The third-order valence-electron chi connectivity index (χ3n) is 3.07. The summed E-state index contributed by atoms with van der Waals surface area (Å²) in [5.41, 5.74) is 1.55. The third kappa shape index (κ3) is 4.01. The van der Waals surface area contributed by atoms with Crippen molar-refractivity contribution in [2.24, 2.45) is 0 Å². The highest BCUT2D eigenvalue weighted by molar-refractivity contribution is 5.75. The Hall–Kier alpha value is -2.44. The van der Waals surface area contributed by atoms with E-state index < -0.39 is 0 Å². The molecule has 0 aliphatic rings. The number of nitrogens with one attached hydrogen (secondary N) is 2. The molecule has 0 saturated heterocycles. The fourth-order valence-corrected chi connectivity index (χ4v) is 1.93.